The lowest BCUT2D eigenvalue weighted by Gasteiger charge is -2.22. The zero-order valence-electron chi connectivity index (χ0n) is 12.0. The summed E-state index contributed by atoms with van der Waals surface area (Å²) in [7, 11) is 0. The van der Waals surface area contributed by atoms with Gasteiger partial charge in [0.1, 0.15) is 6.04 Å². The van der Waals surface area contributed by atoms with E-state index in [1.807, 2.05) is 31.2 Å². The molecule has 2 amide bonds. The summed E-state index contributed by atoms with van der Waals surface area (Å²) in [6, 6.07) is 6.69. The van der Waals surface area contributed by atoms with Crippen molar-refractivity contribution in [1.29, 1.82) is 0 Å². The number of primary amides is 1. The van der Waals surface area contributed by atoms with E-state index in [-0.39, 0.29) is 24.9 Å². The SMILES string of the molecule is Cc1ccc(C(N)C(=O)NCC(C)(C)C(N)=O)cc1.Cl. The first-order valence-corrected chi connectivity index (χ1v) is 6.14. The lowest BCUT2D eigenvalue weighted by Crippen LogP contribution is -2.44. The Kier molecular flexibility index (Phi) is 6.68. The Morgan fingerprint density at radius 1 is 1.25 bits per heavy atom. The van der Waals surface area contributed by atoms with Crippen LogP contribution in [0.15, 0.2) is 24.3 Å². The van der Waals surface area contributed by atoms with Crippen molar-refractivity contribution in [2.24, 2.45) is 16.9 Å². The minimum absolute atomic E-state index is 0. The molecule has 1 aromatic carbocycles. The predicted octanol–water partition coefficient (Wildman–Crippen LogP) is 1.04. The molecule has 0 bridgehead atoms. The number of nitrogens with two attached hydrogens (primary N) is 2. The Hall–Kier alpha value is -1.59. The molecule has 1 aromatic rings. The lowest BCUT2D eigenvalue weighted by atomic mass is 9.92. The predicted molar refractivity (Wildman–Crippen MR) is 81.3 cm³/mol. The number of carbonyl (C=O) groups is 2. The molecule has 5 N–H and O–H groups in total. The molecule has 0 saturated heterocycles. The van der Waals surface area contributed by atoms with E-state index in [1.165, 1.54) is 0 Å². The van der Waals surface area contributed by atoms with Gasteiger partial charge in [0.05, 0.1) is 5.41 Å². The average Bonchev–Trinajstić information content (AvgIpc) is 2.36. The number of hydrogen-bond donors (Lipinski definition) is 3. The maximum absolute atomic E-state index is 11.9. The third-order valence-corrected chi connectivity index (χ3v) is 3.09. The molecular weight excluding hydrogens is 278 g/mol. The van der Waals surface area contributed by atoms with Crippen LogP contribution in [-0.2, 0) is 9.59 Å². The fourth-order valence-electron chi connectivity index (χ4n) is 1.43. The molecule has 6 heteroatoms. The Morgan fingerprint density at radius 3 is 2.20 bits per heavy atom. The van der Waals surface area contributed by atoms with Gasteiger partial charge in [0, 0.05) is 6.54 Å². The van der Waals surface area contributed by atoms with Gasteiger partial charge in [-0.25, -0.2) is 0 Å². The Balaban J connectivity index is 0.00000361. The van der Waals surface area contributed by atoms with Crippen molar-refractivity contribution in [2.45, 2.75) is 26.8 Å². The van der Waals surface area contributed by atoms with E-state index < -0.39 is 17.4 Å². The van der Waals surface area contributed by atoms with Gasteiger partial charge in [-0.15, -0.1) is 12.4 Å². The maximum Gasteiger partial charge on any atom is 0.241 e. The van der Waals surface area contributed by atoms with Crippen molar-refractivity contribution in [3.05, 3.63) is 35.4 Å². The summed E-state index contributed by atoms with van der Waals surface area (Å²) in [6.07, 6.45) is 0. The van der Waals surface area contributed by atoms with E-state index in [4.69, 9.17) is 11.5 Å². The third kappa shape index (κ3) is 4.83. The van der Waals surface area contributed by atoms with E-state index in [0.717, 1.165) is 11.1 Å². The molecule has 0 heterocycles. The highest BCUT2D eigenvalue weighted by Crippen LogP contribution is 2.14. The van der Waals surface area contributed by atoms with Gasteiger partial charge in [-0.2, -0.15) is 0 Å². The van der Waals surface area contributed by atoms with E-state index in [1.54, 1.807) is 13.8 Å². The number of carbonyl (C=O) groups excluding carboxylic acids is 2. The van der Waals surface area contributed by atoms with Crippen LogP contribution in [0.25, 0.3) is 0 Å². The molecule has 0 fully saturated rings. The van der Waals surface area contributed by atoms with Crippen LogP contribution in [0.2, 0.25) is 0 Å². The lowest BCUT2D eigenvalue weighted by molar-refractivity contribution is -0.127. The largest absolute Gasteiger partial charge is 0.369 e. The summed E-state index contributed by atoms with van der Waals surface area (Å²) in [5.41, 5.74) is 12.2. The molecule has 0 aliphatic heterocycles. The highest BCUT2D eigenvalue weighted by Gasteiger charge is 2.26. The van der Waals surface area contributed by atoms with Gasteiger partial charge in [-0.3, -0.25) is 9.59 Å². The number of nitrogens with one attached hydrogen (secondary N) is 1. The molecule has 0 aromatic heterocycles. The van der Waals surface area contributed by atoms with Crippen molar-refractivity contribution < 1.29 is 9.59 Å². The molecule has 0 spiro atoms. The Morgan fingerprint density at radius 2 is 1.75 bits per heavy atom. The third-order valence-electron chi connectivity index (χ3n) is 3.09. The number of hydrogen-bond acceptors (Lipinski definition) is 3. The molecule has 0 aliphatic carbocycles. The summed E-state index contributed by atoms with van der Waals surface area (Å²) in [6.45, 7) is 5.48. The first-order chi connectivity index (χ1) is 8.74. The normalized spacial score (nSPS) is 12.2. The molecule has 112 valence electrons. The zero-order valence-corrected chi connectivity index (χ0v) is 12.8. The summed E-state index contributed by atoms with van der Waals surface area (Å²) in [5.74, 6) is -0.783. The first-order valence-electron chi connectivity index (χ1n) is 6.14. The van der Waals surface area contributed by atoms with Gasteiger partial charge in [0.2, 0.25) is 11.8 Å². The fraction of sp³-hybridized carbons (Fsp3) is 0.429. The Labute approximate surface area is 125 Å². The number of rotatable bonds is 5. The number of benzene rings is 1. The summed E-state index contributed by atoms with van der Waals surface area (Å²) >= 11 is 0. The molecule has 5 nitrogen and oxygen atoms in total. The summed E-state index contributed by atoms with van der Waals surface area (Å²) in [4.78, 5) is 23.1. The second-order valence-electron chi connectivity index (χ2n) is 5.35. The monoisotopic (exact) mass is 299 g/mol. The van der Waals surface area contributed by atoms with Gasteiger partial charge in [-0.05, 0) is 26.3 Å². The zero-order chi connectivity index (χ0) is 14.6. The molecule has 0 radical (unpaired) electrons. The molecule has 0 aliphatic rings. The molecular formula is C14H22ClN3O2. The van der Waals surface area contributed by atoms with Crippen LogP contribution in [0, 0.1) is 12.3 Å². The van der Waals surface area contributed by atoms with Crippen LogP contribution in [0.4, 0.5) is 0 Å². The minimum Gasteiger partial charge on any atom is -0.369 e. The first kappa shape index (κ1) is 18.4. The van der Waals surface area contributed by atoms with E-state index in [0.29, 0.717) is 0 Å². The van der Waals surface area contributed by atoms with E-state index in [2.05, 4.69) is 5.32 Å². The van der Waals surface area contributed by atoms with Crippen molar-refractivity contribution >= 4 is 24.2 Å². The van der Waals surface area contributed by atoms with Crippen molar-refractivity contribution in [1.82, 2.24) is 5.32 Å². The van der Waals surface area contributed by atoms with Crippen LogP contribution in [0.1, 0.15) is 31.0 Å². The fourth-order valence-corrected chi connectivity index (χ4v) is 1.43. The topological polar surface area (TPSA) is 98.2 Å². The standard InChI is InChI=1S/C14H21N3O2.ClH/c1-9-4-6-10(7-5-9)11(15)12(18)17-8-14(2,3)13(16)19;/h4-7,11H,8,15H2,1-3H3,(H2,16,19)(H,17,18);1H. The number of amides is 2. The molecule has 1 unspecified atom stereocenters. The molecule has 1 rings (SSSR count). The highest BCUT2D eigenvalue weighted by atomic mass is 35.5. The van der Waals surface area contributed by atoms with Gasteiger partial charge in [0.15, 0.2) is 0 Å². The Bertz CT molecular complexity index is 472. The van der Waals surface area contributed by atoms with Gasteiger partial charge >= 0.3 is 0 Å². The maximum atomic E-state index is 11.9. The second kappa shape index (κ2) is 7.26. The van der Waals surface area contributed by atoms with Crippen molar-refractivity contribution in [3.8, 4) is 0 Å². The van der Waals surface area contributed by atoms with E-state index >= 15 is 0 Å². The summed E-state index contributed by atoms with van der Waals surface area (Å²) in [5, 5.41) is 2.65. The second-order valence-corrected chi connectivity index (χ2v) is 5.35. The van der Waals surface area contributed by atoms with Gasteiger partial charge in [0.25, 0.3) is 0 Å². The highest BCUT2D eigenvalue weighted by molar-refractivity contribution is 5.85. The smallest absolute Gasteiger partial charge is 0.241 e. The van der Waals surface area contributed by atoms with Crippen LogP contribution in [0.5, 0.6) is 0 Å². The number of aryl methyl sites for hydroxylation is 1. The van der Waals surface area contributed by atoms with Gasteiger partial charge in [-0.1, -0.05) is 29.8 Å². The van der Waals surface area contributed by atoms with Crippen LogP contribution < -0.4 is 16.8 Å². The van der Waals surface area contributed by atoms with Gasteiger partial charge < -0.3 is 16.8 Å². The molecule has 0 saturated carbocycles. The number of halogens is 1. The van der Waals surface area contributed by atoms with Crippen molar-refractivity contribution in [2.75, 3.05) is 6.54 Å². The van der Waals surface area contributed by atoms with Crippen LogP contribution in [0.3, 0.4) is 0 Å². The van der Waals surface area contributed by atoms with Crippen LogP contribution >= 0.6 is 12.4 Å². The quantitative estimate of drug-likeness (QED) is 0.757. The summed E-state index contributed by atoms with van der Waals surface area (Å²) < 4.78 is 0. The average molecular weight is 300 g/mol. The van der Waals surface area contributed by atoms with Crippen LogP contribution in [-0.4, -0.2) is 18.4 Å². The van der Waals surface area contributed by atoms with E-state index in [9.17, 15) is 9.59 Å². The molecule has 20 heavy (non-hydrogen) atoms. The molecule has 1 atom stereocenters. The minimum atomic E-state index is -0.789. The van der Waals surface area contributed by atoms with Crippen molar-refractivity contribution in [3.63, 3.8) is 0 Å².